The van der Waals surface area contributed by atoms with E-state index in [0.29, 0.717) is 27.0 Å². The number of pyridine rings is 1. The van der Waals surface area contributed by atoms with Crippen LogP contribution in [0.15, 0.2) is 59.5 Å². The topological polar surface area (TPSA) is 42.3 Å². The van der Waals surface area contributed by atoms with Gasteiger partial charge in [-0.05, 0) is 43.2 Å². The van der Waals surface area contributed by atoms with Gasteiger partial charge >= 0.3 is 0 Å². The maximum atomic E-state index is 13.4. The minimum absolute atomic E-state index is 0.0363. The Bertz CT molecular complexity index is 1070. The summed E-state index contributed by atoms with van der Waals surface area (Å²) in [6, 6.07) is 14.7. The van der Waals surface area contributed by atoms with Crippen LogP contribution in [0.3, 0.4) is 0 Å². The SMILES string of the molecule is CN(C(=O)c1cn(-c2ccc(Cl)cc2)c(=O)c2ccccc12)C1CCCCC1. The number of benzene rings is 2. The minimum Gasteiger partial charge on any atom is -0.339 e. The van der Waals surface area contributed by atoms with Crippen molar-refractivity contribution in [1.29, 1.82) is 0 Å². The highest BCUT2D eigenvalue weighted by molar-refractivity contribution is 6.30. The summed E-state index contributed by atoms with van der Waals surface area (Å²) < 4.78 is 1.54. The second-order valence-electron chi connectivity index (χ2n) is 7.45. The first kappa shape index (κ1) is 18.8. The number of fused-ring (bicyclic) bond motifs is 1. The molecular weight excluding hydrogens is 372 g/mol. The van der Waals surface area contributed by atoms with Crippen molar-refractivity contribution in [3.05, 3.63) is 75.7 Å². The van der Waals surface area contributed by atoms with Crippen LogP contribution in [0.5, 0.6) is 0 Å². The first-order chi connectivity index (χ1) is 13.6. The maximum absolute atomic E-state index is 13.4. The third-order valence-electron chi connectivity index (χ3n) is 5.70. The summed E-state index contributed by atoms with van der Waals surface area (Å²) in [4.78, 5) is 28.3. The van der Waals surface area contributed by atoms with Crippen molar-refractivity contribution in [2.75, 3.05) is 7.05 Å². The molecule has 1 amide bonds. The molecule has 144 valence electrons. The Kier molecular flexibility index (Phi) is 5.23. The van der Waals surface area contributed by atoms with Crippen molar-refractivity contribution in [2.45, 2.75) is 38.1 Å². The van der Waals surface area contributed by atoms with E-state index in [2.05, 4.69) is 0 Å². The van der Waals surface area contributed by atoms with Crippen LogP contribution in [0.25, 0.3) is 16.5 Å². The number of hydrogen-bond donors (Lipinski definition) is 0. The Morgan fingerprint density at radius 1 is 1.00 bits per heavy atom. The van der Waals surface area contributed by atoms with Crippen molar-refractivity contribution in [3.63, 3.8) is 0 Å². The number of hydrogen-bond acceptors (Lipinski definition) is 2. The highest BCUT2D eigenvalue weighted by Crippen LogP contribution is 2.25. The van der Waals surface area contributed by atoms with Crippen LogP contribution in [0.4, 0.5) is 0 Å². The van der Waals surface area contributed by atoms with Gasteiger partial charge in [-0.25, -0.2) is 0 Å². The summed E-state index contributed by atoms with van der Waals surface area (Å²) in [6.07, 6.45) is 7.31. The molecular formula is C23H23ClN2O2. The third-order valence-corrected chi connectivity index (χ3v) is 5.95. The first-order valence-electron chi connectivity index (χ1n) is 9.74. The van der Waals surface area contributed by atoms with E-state index in [0.717, 1.165) is 25.7 Å². The smallest absolute Gasteiger partial charge is 0.262 e. The van der Waals surface area contributed by atoms with E-state index in [4.69, 9.17) is 11.6 Å². The molecule has 1 saturated carbocycles. The van der Waals surface area contributed by atoms with E-state index < -0.39 is 0 Å². The molecule has 1 aliphatic rings. The lowest BCUT2D eigenvalue weighted by molar-refractivity contribution is 0.0697. The molecule has 2 aromatic carbocycles. The standard InChI is InChI=1S/C23H23ClN2O2/c1-25(17-7-3-2-4-8-17)22(27)21-15-26(18-13-11-16(24)12-14-18)23(28)20-10-6-5-9-19(20)21/h5-6,9-15,17H,2-4,7-8H2,1H3. The number of nitrogens with zero attached hydrogens (tertiary/aromatic N) is 2. The Labute approximate surface area is 169 Å². The van der Waals surface area contributed by atoms with Crippen LogP contribution >= 0.6 is 11.6 Å². The van der Waals surface area contributed by atoms with Crippen molar-refractivity contribution in [3.8, 4) is 5.69 Å². The molecule has 1 aliphatic carbocycles. The monoisotopic (exact) mass is 394 g/mol. The Morgan fingerprint density at radius 2 is 1.64 bits per heavy atom. The van der Waals surface area contributed by atoms with E-state index in [9.17, 15) is 9.59 Å². The van der Waals surface area contributed by atoms with E-state index >= 15 is 0 Å². The first-order valence-corrected chi connectivity index (χ1v) is 10.1. The van der Waals surface area contributed by atoms with Crippen LogP contribution in [0.1, 0.15) is 42.5 Å². The number of carbonyl (C=O) groups is 1. The predicted octanol–water partition coefficient (Wildman–Crippen LogP) is 5.05. The van der Waals surface area contributed by atoms with Crippen molar-refractivity contribution in [2.24, 2.45) is 0 Å². The van der Waals surface area contributed by atoms with Crippen LogP contribution in [-0.4, -0.2) is 28.5 Å². The zero-order chi connectivity index (χ0) is 19.7. The van der Waals surface area contributed by atoms with Gasteiger partial charge in [-0.2, -0.15) is 0 Å². The fraction of sp³-hybridized carbons (Fsp3) is 0.304. The van der Waals surface area contributed by atoms with Gasteiger partial charge in [0.25, 0.3) is 11.5 Å². The van der Waals surface area contributed by atoms with Gasteiger partial charge in [-0.15, -0.1) is 0 Å². The molecule has 1 fully saturated rings. The van der Waals surface area contributed by atoms with E-state index in [1.165, 1.54) is 6.42 Å². The average molecular weight is 395 g/mol. The van der Waals surface area contributed by atoms with E-state index in [1.54, 1.807) is 41.1 Å². The zero-order valence-corrected chi connectivity index (χ0v) is 16.7. The number of carbonyl (C=O) groups excluding carboxylic acids is 1. The highest BCUT2D eigenvalue weighted by atomic mass is 35.5. The second kappa shape index (κ2) is 7.80. The number of amides is 1. The van der Waals surface area contributed by atoms with Crippen LogP contribution in [0, 0.1) is 0 Å². The summed E-state index contributed by atoms with van der Waals surface area (Å²) in [7, 11) is 1.88. The van der Waals surface area contributed by atoms with Crippen molar-refractivity contribution >= 4 is 28.3 Å². The summed E-state index contributed by atoms with van der Waals surface area (Å²) in [5.41, 5.74) is 1.10. The Morgan fingerprint density at radius 3 is 2.32 bits per heavy atom. The van der Waals surface area contributed by atoms with Crippen LogP contribution < -0.4 is 5.56 Å². The molecule has 5 heteroatoms. The third kappa shape index (κ3) is 3.45. The molecule has 4 nitrogen and oxygen atoms in total. The largest absolute Gasteiger partial charge is 0.339 e. The molecule has 1 aromatic heterocycles. The normalized spacial score (nSPS) is 14.9. The lowest BCUT2D eigenvalue weighted by atomic mass is 9.94. The zero-order valence-electron chi connectivity index (χ0n) is 15.9. The number of rotatable bonds is 3. The van der Waals surface area contributed by atoms with Gasteiger partial charge in [-0.1, -0.05) is 49.1 Å². The van der Waals surface area contributed by atoms with Gasteiger partial charge in [0.1, 0.15) is 0 Å². The molecule has 1 heterocycles. The highest BCUT2D eigenvalue weighted by Gasteiger charge is 2.25. The summed E-state index contributed by atoms with van der Waals surface area (Å²) in [5, 5.41) is 1.84. The summed E-state index contributed by atoms with van der Waals surface area (Å²) in [5.74, 6) is -0.0363. The number of halogens is 1. The van der Waals surface area contributed by atoms with Crippen LogP contribution in [0.2, 0.25) is 5.02 Å². The lowest BCUT2D eigenvalue weighted by Crippen LogP contribution is -2.39. The molecule has 28 heavy (non-hydrogen) atoms. The molecule has 0 N–H and O–H groups in total. The molecule has 0 spiro atoms. The van der Waals surface area contributed by atoms with Gasteiger partial charge in [0.2, 0.25) is 0 Å². The van der Waals surface area contributed by atoms with Gasteiger partial charge in [0.05, 0.1) is 5.56 Å². The Hall–Kier alpha value is -2.59. The molecule has 0 saturated heterocycles. The summed E-state index contributed by atoms with van der Waals surface area (Å²) >= 11 is 6.00. The van der Waals surface area contributed by atoms with E-state index in [1.807, 2.05) is 30.1 Å². The van der Waals surface area contributed by atoms with Crippen molar-refractivity contribution < 1.29 is 4.79 Å². The van der Waals surface area contributed by atoms with Gasteiger partial charge < -0.3 is 4.90 Å². The van der Waals surface area contributed by atoms with Gasteiger partial charge in [-0.3, -0.25) is 14.2 Å². The Balaban J connectivity index is 1.85. The predicted molar refractivity (Wildman–Crippen MR) is 114 cm³/mol. The van der Waals surface area contributed by atoms with E-state index in [-0.39, 0.29) is 17.5 Å². The quantitative estimate of drug-likeness (QED) is 0.623. The van der Waals surface area contributed by atoms with Crippen LogP contribution in [-0.2, 0) is 0 Å². The van der Waals surface area contributed by atoms with Gasteiger partial charge in [0, 0.05) is 40.8 Å². The molecule has 4 rings (SSSR count). The molecule has 0 atom stereocenters. The van der Waals surface area contributed by atoms with Gasteiger partial charge in [0.15, 0.2) is 0 Å². The molecule has 0 unspecified atom stereocenters. The fourth-order valence-electron chi connectivity index (χ4n) is 4.08. The maximum Gasteiger partial charge on any atom is 0.262 e. The fourth-order valence-corrected chi connectivity index (χ4v) is 4.21. The molecule has 0 bridgehead atoms. The molecule has 3 aromatic rings. The molecule has 0 aliphatic heterocycles. The lowest BCUT2D eigenvalue weighted by Gasteiger charge is -2.31. The van der Waals surface area contributed by atoms with Crippen molar-refractivity contribution in [1.82, 2.24) is 9.47 Å². The minimum atomic E-state index is -0.144. The average Bonchev–Trinajstić information content (AvgIpc) is 2.74. The number of aromatic nitrogens is 1. The summed E-state index contributed by atoms with van der Waals surface area (Å²) in [6.45, 7) is 0. The second-order valence-corrected chi connectivity index (χ2v) is 7.88. The molecule has 0 radical (unpaired) electrons.